The number of esters is 1. The minimum absolute atomic E-state index is 0.0169. The van der Waals surface area contributed by atoms with E-state index in [0.717, 1.165) is 19.3 Å². The molecule has 0 aromatic rings. The van der Waals surface area contributed by atoms with Crippen LogP contribution < -0.4 is 0 Å². The largest absolute Gasteiger partial charge is 0.458 e. The van der Waals surface area contributed by atoms with Gasteiger partial charge in [0, 0.05) is 30.1 Å². The maximum atomic E-state index is 13.3. The number of Topliss-reactive ketones (excluding diaryl/α,β-unsaturated/α-hetero) is 1. The minimum Gasteiger partial charge on any atom is -0.458 e. The summed E-state index contributed by atoms with van der Waals surface area (Å²) >= 11 is 0. The third-order valence-electron chi connectivity index (χ3n) is 11.8. The second-order valence-electron chi connectivity index (χ2n) is 14.7. The van der Waals surface area contributed by atoms with Gasteiger partial charge in [0.2, 0.25) is 0 Å². The number of carbonyl (C=O) groups excluding carboxylic acids is 2. The van der Waals surface area contributed by atoms with E-state index in [0.29, 0.717) is 24.0 Å². The van der Waals surface area contributed by atoms with E-state index < -0.39 is 28.1 Å². The summed E-state index contributed by atoms with van der Waals surface area (Å²) in [4.78, 5) is 26.4. The first kappa shape index (κ1) is 32.4. The second-order valence-corrected chi connectivity index (χ2v) is 14.7. The molecular formula is C35H56O6. The minimum atomic E-state index is -1.83. The van der Waals surface area contributed by atoms with Crippen molar-refractivity contribution in [2.45, 2.75) is 148 Å². The monoisotopic (exact) mass is 572 g/mol. The highest BCUT2D eigenvalue weighted by Gasteiger charge is 2.84. The smallest absolute Gasteiger partial charge is 0.306 e. The summed E-state index contributed by atoms with van der Waals surface area (Å²) in [5, 5.41) is 34.8. The van der Waals surface area contributed by atoms with Crippen LogP contribution in [0.4, 0.5) is 0 Å². The number of hydrogen-bond donors (Lipinski definition) is 3. The molecule has 0 aliphatic heterocycles. The lowest BCUT2D eigenvalue weighted by Crippen LogP contribution is -2.67. The highest BCUT2D eigenvalue weighted by atomic mass is 16.6. The maximum absolute atomic E-state index is 13.3. The van der Waals surface area contributed by atoms with Crippen LogP contribution in [0.2, 0.25) is 0 Å². The molecule has 0 unspecified atom stereocenters. The van der Waals surface area contributed by atoms with Gasteiger partial charge in [-0.15, -0.1) is 0 Å². The quantitative estimate of drug-likeness (QED) is 0.123. The van der Waals surface area contributed by atoms with E-state index in [1.54, 1.807) is 19.9 Å². The van der Waals surface area contributed by atoms with Crippen molar-refractivity contribution in [1.29, 1.82) is 0 Å². The van der Waals surface area contributed by atoms with Crippen molar-refractivity contribution in [3.05, 3.63) is 23.3 Å². The average molecular weight is 573 g/mol. The molecule has 0 bridgehead atoms. The Labute approximate surface area is 248 Å². The zero-order valence-corrected chi connectivity index (χ0v) is 26.6. The summed E-state index contributed by atoms with van der Waals surface area (Å²) in [6, 6.07) is 0. The Morgan fingerprint density at radius 1 is 0.976 bits per heavy atom. The molecule has 0 saturated heterocycles. The first-order valence-electron chi connectivity index (χ1n) is 16.5. The fourth-order valence-corrected chi connectivity index (χ4v) is 9.32. The van der Waals surface area contributed by atoms with Crippen LogP contribution in [0.1, 0.15) is 131 Å². The molecule has 2 saturated carbocycles. The fraction of sp³-hybridized carbons (Fsp3) is 0.829. The lowest BCUT2D eigenvalue weighted by Gasteiger charge is -2.56. The molecule has 4 aliphatic rings. The van der Waals surface area contributed by atoms with Crippen molar-refractivity contribution in [3.63, 3.8) is 0 Å². The molecule has 4 aliphatic carbocycles. The number of aliphatic hydroxyl groups excluding tert-OH is 1. The number of aliphatic hydroxyl groups is 3. The number of carbonyl (C=O) groups is 2. The van der Waals surface area contributed by atoms with Crippen molar-refractivity contribution in [2.75, 3.05) is 6.61 Å². The Morgan fingerprint density at radius 2 is 1.54 bits per heavy atom. The Kier molecular flexibility index (Phi) is 9.39. The molecule has 4 rings (SSSR count). The molecule has 6 nitrogen and oxygen atoms in total. The van der Waals surface area contributed by atoms with Gasteiger partial charge in [0.25, 0.3) is 0 Å². The van der Waals surface area contributed by atoms with Crippen LogP contribution in [0, 0.1) is 28.6 Å². The predicted octanol–water partition coefficient (Wildman–Crippen LogP) is 6.60. The topological polar surface area (TPSA) is 104 Å². The van der Waals surface area contributed by atoms with Crippen molar-refractivity contribution < 1.29 is 29.6 Å². The van der Waals surface area contributed by atoms with Crippen LogP contribution >= 0.6 is 0 Å². The summed E-state index contributed by atoms with van der Waals surface area (Å²) in [6.07, 6.45) is 18.0. The molecule has 0 spiro atoms. The Hall–Kier alpha value is -1.50. The first-order chi connectivity index (χ1) is 19.3. The molecule has 0 heterocycles. The van der Waals surface area contributed by atoms with E-state index in [9.17, 15) is 24.9 Å². The van der Waals surface area contributed by atoms with E-state index in [2.05, 4.69) is 20.8 Å². The molecular weight excluding hydrogens is 516 g/mol. The zero-order valence-electron chi connectivity index (χ0n) is 26.6. The van der Waals surface area contributed by atoms with Crippen LogP contribution in [0.3, 0.4) is 0 Å². The highest BCUT2D eigenvalue weighted by molar-refractivity contribution is 6.05. The summed E-state index contributed by atoms with van der Waals surface area (Å²) in [7, 11) is 0. The van der Waals surface area contributed by atoms with Crippen molar-refractivity contribution >= 4 is 11.8 Å². The molecule has 6 heteroatoms. The number of ketones is 1. The maximum Gasteiger partial charge on any atom is 0.306 e. The first-order valence-corrected chi connectivity index (χ1v) is 16.5. The number of rotatable bonds is 14. The predicted molar refractivity (Wildman–Crippen MR) is 161 cm³/mol. The van der Waals surface area contributed by atoms with Gasteiger partial charge < -0.3 is 20.1 Å². The Morgan fingerprint density at radius 3 is 2.10 bits per heavy atom. The van der Waals surface area contributed by atoms with E-state index >= 15 is 0 Å². The van der Waals surface area contributed by atoms with Crippen LogP contribution in [-0.2, 0) is 14.3 Å². The lowest BCUT2D eigenvalue weighted by atomic mass is 9.52. The van der Waals surface area contributed by atoms with Crippen LogP contribution in [0.15, 0.2) is 23.3 Å². The molecule has 7 atom stereocenters. The lowest BCUT2D eigenvalue weighted by molar-refractivity contribution is -0.217. The van der Waals surface area contributed by atoms with E-state index in [4.69, 9.17) is 4.74 Å². The number of hydrogen-bond acceptors (Lipinski definition) is 6. The van der Waals surface area contributed by atoms with Crippen molar-refractivity contribution in [2.24, 2.45) is 28.6 Å². The summed E-state index contributed by atoms with van der Waals surface area (Å²) in [6.45, 7) is 11.6. The molecule has 0 amide bonds. The van der Waals surface area contributed by atoms with E-state index in [-0.39, 0.29) is 42.0 Å². The third-order valence-corrected chi connectivity index (χ3v) is 11.8. The Bertz CT molecular complexity index is 1060. The Balaban J connectivity index is 1.41. The van der Waals surface area contributed by atoms with Crippen molar-refractivity contribution in [3.8, 4) is 0 Å². The SMILES string of the molecule is CCCCCCCCCCCCCC(=O)O[C@@]12C[C@@H](C)[C@@]3(O)[C@@H](C=C(CO)C[C@]4(O)C(=O)C(C)=C[C@]34C)[C@@H]1C2(C)C. The van der Waals surface area contributed by atoms with Crippen LogP contribution in [0.25, 0.3) is 0 Å². The van der Waals surface area contributed by atoms with Crippen LogP contribution in [0.5, 0.6) is 0 Å². The second kappa shape index (κ2) is 11.9. The normalized spacial score (nSPS) is 38.8. The molecule has 0 radical (unpaired) electrons. The van der Waals surface area contributed by atoms with Gasteiger partial charge in [-0.2, -0.15) is 0 Å². The van der Waals surface area contributed by atoms with Gasteiger partial charge in [0.15, 0.2) is 5.78 Å². The van der Waals surface area contributed by atoms with Gasteiger partial charge in [-0.05, 0) is 36.8 Å². The van der Waals surface area contributed by atoms with Gasteiger partial charge in [-0.3, -0.25) is 9.59 Å². The molecule has 3 N–H and O–H groups in total. The molecule has 0 aromatic carbocycles. The zero-order chi connectivity index (χ0) is 30.3. The standard InChI is InChI=1S/C35H56O6/c1-7-8-9-10-11-12-13-14-15-16-17-18-28(37)41-34-21-25(3)35(40)27(29(34)31(34,4)5)19-26(23-36)22-33(39)30(38)24(2)20-32(33,35)6/h19-20,25,27,29,36,39-40H,7-18,21-23H2,1-6H3/t25-,27+,29-,32+,33+,34+,35-/m1/s1. The average Bonchev–Trinajstić information content (AvgIpc) is 3.34. The number of ether oxygens (including phenoxy) is 1. The fourth-order valence-electron chi connectivity index (χ4n) is 9.32. The van der Waals surface area contributed by atoms with Gasteiger partial charge in [0.05, 0.1) is 17.6 Å². The third kappa shape index (κ3) is 5.08. The van der Waals surface area contributed by atoms with Gasteiger partial charge in [-0.25, -0.2) is 0 Å². The molecule has 41 heavy (non-hydrogen) atoms. The molecule has 232 valence electrons. The molecule has 2 fully saturated rings. The summed E-state index contributed by atoms with van der Waals surface area (Å²) in [5.74, 6) is -1.58. The van der Waals surface area contributed by atoms with Crippen LogP contribution in [-0.4, -0.2) is 50.5 Å². The van der Waals surface area contributed by atoms with E-state index in [1.807, 2.05) is 13.0 Å². The van der Waals surface area contributed by atoms with Crippen molar-refractivity contribution in [1.82, 2.24) is 0 Å². The van der Waals surface area contributed by atoms with E-state index in [1.165, 1.54) is 51.4 Å². The number of fused-ring (bicyclic) bond motifs is 5. The highest BCUT2D eigenvalue weighted by Crippen LogP contribution is 2.78. The molecule has 0 aromatic heterocycles. The van der Waals surface area contributed by atoms with Gasteiger partial charge in [0.1, 0.15) is 11.2 Å². The summed E-state index contributed by atoms with van der Waals surface area (Å²) in [5.41, 5.74) is -4.61. The van der Waals surface area contributed by atoms with Gasteiger partial charge >= 0.3 is 5.97 Å². The summed E-state index contributed by atoms with van der Waals surface area (Å²) < 4.78 is 6.36. The van der Waals surface area contributed by atoms with Gasteiger partial charge in [-0.1, -0.05) is 111 Å². The number of unbranched alkanes of at least 4 members (excludes halogenated alkanes) is 10.